The smallest absolute Gasteiger partial charge is 0.251 e. The number of hydrogen-bond acceptors (Lipinski definition) is 3. The highest BCUT2D eigenvalue weighted by Gasteiger charge is 2.14. The zero-order valence-corrected chi connectivity index (χ0v) is 16.1. The molecule has 28 heavy (non-hydrogen) atoms. The number of sulfonamides is 1. The Morgan fingerprint density at radius 3 is 2.61 bits per heavy atom. The van der Waals surface area contributed by atoms with Crippen LogP contribution < -0.4 is 10.0 Å². The Bertz CT molecular complexity index is 1110. The summed E-state index contributed by atoms with van der Waals surface area (Å²) in [4.78, 5) is 15.6. The SMILES string of the molecule is C#CCNS(=O)(=O)c1ccc(C(=O)NCCCc2c[nH]c3ccccc23)cc1. The first-order valence-electron chi connectivity index (χ1n) is 8.87. The molecule has 2 aromatic carbocycles. The number of para-hydroxylation sites is 1. The van der Waals surface area contributed by atoms with Crippen LogP contribution in [0.5, 0.6) is 0 Å². The summed E-state index contributed by atoms with van der Waals surface area (Å²) >= 11 is 0. The third-order valence-electron chi connectivity index (χ3n) is 4.37. The van der Waals surface area contributed by atoms with Crippen molar-refractivity contribution >= 4 is 26.8 Å². The van der Waals surface area contributed by atoms with Crippen LogP contribution in [0.2, 0.25) is 0 Å². The fraction of sp³-hybridized carbons (Fsp3) is 0.190. The van der Waals surface area contributed by atoms with Gasteiger partial charge in [0.2, 0.25) is 10.0 Å². The Morgan fingerprint density at radius 1 is 1.11 bits per heavy atom. The number of amides is 1. The van der Waals surface area contributed by atoms with Gasteiger partial charge in [-0.3, -0.25) is 4.79 Å². The van der Waals surface area contributed by atoms with Crippen molar-refractivity contribution in [3.8, 4) is 12.3 Å². The van der Waals surface area contributed by atoms with Crippen LogP contribution in [-0.4, -0.2) is 32.4 Å². The highest BCUT2D eigenvalue weighted by atomic mass is 32.2. The van der Waals surface area contributed by atoms with E-state index in [1.54, 1.807) is 0 Å². The van der Waals surface area contributed by atoms with Crippen LogP contribution in [0.4, 0.5) is 0 Å². The molecule has 0 bridgehead atoms. The lowest BCUT2D eigenvalue weighted by atomic mass is 10.1. The third kappa shape index (κ3) is 4.60. The van der Waals surface area contributed by atoms with Crippen molar-refractivity contribution in [2.45, 2.75) is 17.7 Å². The van der Waals surface area contributed by atoms with Crippen LogP contribution in [0, 0.1) is 12.3 Å². The summed E-state index contributed by atoms with van der Waals surface area (Å²) in [6, 6.07) is 13.9. The molecule has 3 rings (SSSR count). The van der Waals surface area contributed by atoms with Gasteiger partial charge >= 0.3 is 0 Å². The number of hydrogen-bond donors (Lipinski definition) is 3. The molecule has 1 aromatic heterocycles. The predicted molar refractivity (Wildman–Crippen MR) is 109 cm³/mol. The normalized spacial score (nSPS) is 11.2. The minimum atomic E-state index is -3.66. The molecule has 0 aliphatic heterocycles. The van der Waals surface area contributed by atoms with Gasteiger partial charge in [0.1, 0.15) is 0 Å². The molecule has 1 amide bonds. The van der Waals surface area contributed by atoms with Crippen LogP contribution in [0.3, 0.4) is 0 Å². The summed E-state index contributed by atoms with van der Waals surface area (Å²) in [6.07, 6.45) is 8.71. The summed E-state index contributed by atoms with van der Waals surface area (Å²) in [7, 11) is -3.66. The summed E-state index contributed by atoms with van der Waals surface area (Å²) in [5.41, 5.74) is 2.73. The van der Waals surface area contributed by atoms with Gasteiger partial charge < -0.3 is 10.3 Å². The van der Waals surface area contributed by atoms with Gasteiger partial charge in [-0.15, -0.1) is 6.42 Å². The predicted octanol–water partition coefficient (Wildman–Crippen LogP) is 2.44. The van der Waals surface area contributed by atoms with E-state index in [2.05, 4.69) is 27.0 Å². The number of carbonyl (C=O) groups is 1. The number of terminal acetylenes is 1. The second kappa shape index (κ2) is 8.74. The van der Waals surface area contributed by atoms with Crippen molar-refractivity contribution in [3.05, 3.63) is 65.9 Å². The maximum Gasteiger partial charge on any atom is 0.251 e. The maximum absolute atomic E-state index is 12.2. The maximum atomic E-state index is 12.2. The largest absolute Gasteiger partial charge is 0.361 e. The molecule has 0 radical (unpaired) electrons. The van der Waals surface area contributed by atoms with Gasteiger partial charge in [-0.25, -0.2) is 8.42 Å². The summed E-state index contributed by atoms with van der Waals surface area (Å²) < 4.78 is 26.2. The molecule has 0 aliphatic carbocycles. The lowest BCUT2D eigenvalue weighted by Gasteiger charge is -2.07. The molecule has 1 heterocycles. The molecule has 0 saturated heterocycles. The Labute approximate surface area is 164 Å². The van der Waals surface area contributed by atoms with Gasteiger partial charge in [0, 0.05) is 29.2 Å². The number of aromatic amines is 1. The van der Waals surface area contributed by atoms with E-state index in [1.807, 2.05) is 24.4 Å². The number of fused-ring (bicyclic) bond motifs is 1. The topological polar surface area (TPSA) is 91.1 Å². The Morgan fingerprint density at radius 2 is 1.86 bits per heavy atom. The summed E-state index contributed by atoms with van der Waals surface area (Å²) in [6.45, 7) is 0.448. The second-order valence-corrected chi connectivity index (χ2v) is 8.04. The quantitative estimate of drug-likeness (QED) is 0.404. The van der Waals surface area contributed by atoms with Crippen LogP contribution in [0.1, 0.15) is 22.3 Å². The lowest BCUT2D eigenvalue weighted by molar-refractivity contribution is 0.0953. The standard InChI is InChI=1S/C21H21N3O3S/c1-2-13-24-28(26,27)18-11-9-16(10-12-18)21(25)22-14-5-6-17-15-23-20-8-4-3-7-19(17)20/h1,3-4,7-12,15,23-24H,5-6,13-14H2,(H,22,25). The minimum absolute atomic E-state index is 0.0682. The van der Waals surface area contributed by atoms with E-state index < -0.39 is 10.0 Å². The van der Waals surface area contributed by atoms with Gasteiger partial charge in [0.05, 0.1) is 11.4 Å². The number of carbonyl (C=O) groups excluding carboxylic acids is 1. The summed E-state index contributed by atoms with van der Waals surface area (Å²) in [5, 5.41) is 4.06. The van der Waals surface area contributed by atoms with Gasteiger partial charge in [-0.2, -0.15) is 4.72 Å². The molecule has 144 valence electrons. The first kappa shape index (κ1) is 19.7. The van der Waals surface area contributed by atoms with Gasteiger partial charge in [0.25, 0.3) is 5.91 Å². The van der Waals surface area contributed by atoms with Crippen LogP contribution in [0.25, 0.3) is 10.9 Å². The number of aryl methyl sites for hydroxylation is 1. The van der Waals surface area contributed by atoms with E-state index in [4.69, 9.17) is 6.42 Å². The van der Waals surface area contributed by atoms with E-state index in [1.165, 1.54) is 35.2 Å². The first-order valence-corrected chi connectivity index (χ1v) is 10.4. The van der Waals surface area contributed by atoms with Gasteiger partial charge in [-0.1, -0.05) is 24.1 Å². The minimum Gasteiger partial charge on any atom is -0.361 e. The zero-order valence-electron chi connectivity index (χ0n) is 15.2. The zero-order chi connectivity index (χ0) is 20.0. The second-order valence-electron chi connectivity index (χ2n) is 6.27. The van der Waals surface area contributed by atoms with E-state index in [0.717, 1.165) is 18.4 Å². The number of H-pyrrole nitrogens is 1. The molecule has 3 N–H and O–H groups in total. The lowest BCUT2D eigenvalue weighted by Crippen LogP contribution is -2.26. The van der Waals surface area contributed by atoms with E-state index >= 15 is 0 Å². The van der Waals surface area contributed by atoms with Crippen molar-refractivity contribution < 1.29 is 13.2 Å². The Balaban J connectivity index is 1.52. The van der Waals surface area contributed by atoms with Gasteiger partial charge in [-0.05, 0) is 48.7 Å². The summed E-state index contributed by atoms with van der Waals surface area (Å²) in [5.74, 6) is 1.98. The van der Waals surface area contributed by atoms with Crippen LogP contribution >= 0.6 is 0 Å². The molecule has 6 nitrogen and oxygen atoms in total. The van der Waals surface area contributed by atoms with Crippen molar-refractivity contribution in [1.29, 1.82) is 0 Å². The Kier molecular flexibility index (Phi) is 6.14. The average molecular weight is 395 g/mol. The number of rotatable bonds is 8. The first-order chi connectivity index (χ1) is 13.5. The van der Waals surface area contributed by atoms with E-state index in [9.17, 15) is 13.2 Å². The molecular weight excluding hydrogens is 374 g/mol. The fourth-order valence-corrected chi connectivity index (χ4v) is 3.86. The van der Waals surface area contributed by atoms with Crippen LogP contribution in [0.15, 0.2) is 59.6 Å². The molecule has 0 fully saturated rings. The van der Waals surface area contributed by atoms with Crippen LogP contribution in [-0.2, 0) is 16.4 Å². The Hall–Kier alpha value is -3.08. The molecule has 7 heteroatoms. The molecule has 0 saturated carbocycles. The van der Waals surface area contributed by atoms with Crippen molar-refractivity contribution in [2.75, 3.05) is 13.1 Å². The molecule has 0 unspecified atom stereocenters. The number of benzene rings is 2. The van der Waals surface area contributed by atoms with E-state index in [0.29, 0.717) is 12.1 Å². The molecule has 0 aliphatic rings. The highest BCUT2D eigenvalue weighted by molar-refractivity contribution is 7.89. The van der Waals surface area contributed by atoms with E-state index in [-0.39, 0.29) is 17.3 Å². The number of nitrogens with one attached hydrogen (secondary N) is 3. The van der Waals surface area contributed by atoms with Gasteiger partial charge in [0.15, 0.2) is 0 Å². The molecule has 3 aromatic rings. The monoisotopic (exact) mass is 395 g/mol. The fourth-order valence-electron chi connectivity index (χ4n) is 2.93. The number of aromatic nitrogens is 1. The molecular formula is C21H21N3O3S. The highest BCUT2D eigenvalue weighted by Crippen LogP contribution is 2.18. The van der Waals surface area contributed by atoms with Crippen molar-refractivity contribution in [1.82, 2.24) is 15.0 Å². The third-order valence-corrected chi connectivity index (χ3v) is 5.79. The van der Waals surface area contributed by atoms with Crippen molar-refractivity contribution in [3.63, 3.8) is 0 Å². The average Bonchev–Trinajstić information content (AvgIpc) is 3.13. The van der Waals surface area contributed by atoms with Crippen molar-refractivity contribution in [2.24, 2.45) is 0 Å². The molecule has 0 atom stereocenters. The molecule has 0 spiro atoms.